The van der Waals surface area contributed by atoms with Gasteiger partial charge >= 0.3 is 0 Å². The fourth-order valence-corrected chi connectivity index (χ4v) is 4.64. The first-order valence-electron chi connectivity index (χ1n) is 10.2. The van der Waals surface area contributed by atoms with Gasteiger partial charge in [0.1, 0.15) is 30.8 Å². The molecule has 0 radical (unpaired) electrons. The van der Waals surface area contributed by atoms with Gasteiger partial charge in [-0.05, 0) is 30.5 Å². The lowest BCUT2D eigenvalue weighted by atomic mass is 10.1. The highest BCUT2D eigenvalue weighted by atomic mass is 32.1. The molecule has 156 valence electrons. The second-order valence-electron chi connectivity index (χ2n) is 7.55. The molecule has 29 heavy (non-hydrogen) atoms. The van der Waals surface area contributed by atoms with Crippen molar-refractivity contribution in [2.75, 3.05) is 50.8 Å². The van der Waals surface area contributed by atoms with Gasteiger partial charge in [-0.3, -0.25) is 4.79 Å². The molecule has 0 aliphatic carbocycles. The van der Waals surface area contributed by atoms with Crippen molar-refractivity contribution in [1.29, 1.82) is 0 Å². The van der Waals surface area contributed by atoms with E-state index in [-0.39, 0.29) is 17.8 Å². The van der Waals surface area contributed by atoms with Crippen molar-refractivity contribution in [1.82, 2.24) is 14.7 Å². The quantitative estimate of drug-likeness (QED) is 0.673. The van der Waals surface area contributed by atoms with Gasteiger partial charge in [0.2, 0.25) is 11.0 Å². The summed E-state index contributed by atoms with van der Waals surface area (Å²) >= 11 is 1.33. The van der Waals surface area contributed by atoms with Gasteiger partial charge in [0.05, 0.1) is 26.3 Å². The molecular weight excluding hydrogens is 393 g/mol. The molecule has 7 nitrogen and oxygen atoms in total. The molecule has 0 unspecified atom stereocenters. The minimum Gasteiger partial charge on any atom is -0.370 e. The molecule has 2 aliphatic heterocycles. The van der Waals surface area contributed by atoms with Gasteiger partial charge in [-0.1, -0.05) is 12.1 Å². The SMILES string of the molecule is O=C(NCC[NH+]1CCOCC1)[C@H]1CCCN1c1nc(Cc2ccc(F)cc2)ns1. The Balaban J connectivity index is 1.31. The first-order chi connectivity index (χ1) is 14.2. The smallest absolute Gasteiger partial charge is 0.242 e. The summed E-state index contributed by atoms with van der Waals surface area (Å²) in [5.74, 6) is 0.533. The van der Waals surface area contributed by atoms with Crippen LogP contribution in [0.5, 0.6) is 0 Å². The van der Waals surface area contributed by atoms with Crippen molar-refractivity contribution >= 4 is 22.6 Å². The number of hydrogen-bond acceptors (Lipinski definition) is 6. The molecule has 0 spiro atoms. The van der Waals surface area contributed by atoms with Crippen LogP contribution in [0.3, 0.4) is 0 Å². The van der Waals surface area contributed by atoms with Crippen LogP contribution in [0.25, 0.3) is 0 Å². The number of hydrogen-bond donors (Lipinski definition) is 2. The number of benzene rings is 1. The Bertz CT molecular complexity index is 809. The molecule has 4 rings (SSSR count). The number of amides is 1. The van der Waals surface area contributed by atoms with E-state index < -0.39 is 0 Å². The monoisotopic (exact) mass is 420 g/mol. The largest absolute Gasteiger partial charge is 0.370 e. The Labute approximate surface area is 174 Å². The summed E-state index contributed by atoms with van der Waals surface area (Å²) in [5, 5.41) is 3.89. The number of carbonyl (C=O) groups is 1. The fraction of sp³-hybridized carbons (Fsp3) is 0.550. The Morgan fingerprint density at radius 1 is 1.31 bits per heavy atom. The molecule has 2 aromatic rings. The van der Waals surface area contributed by atoms with Gasteiger partial charge in [0.15, 0.2) is 0 Å². The zero-order chi connectivity index (χ0) is 20.1. The molecule has 2 fully saturated rings. The van der Waals surface area contributed by atoms with Crippen LogP contribution < -0.4 is 15.1 Å². The van der Waals surface area contributed by atoms with Crippen molar-refractivity contribution < 1.29 is 18.8 Å². The number of quaternary nitrogens is 1. The average molecular weight is 421 g/mol. The summed E-state index contributed by atoms with van der Waals surface area (Å²) in [5.41, 5.74) is 0.970. The zero-order valence-corrected chi connectivity index (χ0v) is 17.2. The first-order valence-corrected chi connectivity index (χ1v) is 11.0. The van der Waals surface area contributed by atoms with Crippen molar-refractivity contribution in [3.05, 3.63) is 41.5 Å². The number of halogens is 1. The van der Waals surface area contributed by atoms with Gasteiger partial charge in [-0.2, -0.15) is 4.37 Å². The minimum atomic E-state index is -0.248. The van der Waals surface area contributed by atoms with E-state index in [4.69, 9.17) is 4.74 Å². The number of anilines is 1. The lowest BCUT2D eigenvalue weighted by Crippen LogP contribution is -3.14. The maximum atomic E-state index is 13.1. The van der Waals surface area contributed by atoms with Gasteiger partial charge < -0.3 is 19.9 Å². The molecule has 2 saturated heterocycles. The Hall–Kier alpha value is -2.10. The second-order valence-corrected chi connectivity index (χ2v) is 8.28. The number of nitrogens with zero attached hydrogens (tertiary/aromatic N) is 3. The molecule has 0 saturated carbocycles. The molecule has 1 aromatic heterocycles. The van der Waals surface area contributed by atoms with Crippen LogP contribution in [0.15, 0.2) is 24.3 Å². The van der Waals surface area contributed by atoms with E-state index in [0.717, 1.165) is 62.9 Å². The van der Waals surface area contributed by atoms with Crippen molar-refractivity contribution in [2.24, 2.45) is 0 Å². The molecule has 1 aromatic carbocycles. The van der Waals surface area contributed by atoms with Crippen LogP contribution >= 0.6 is 11.5 Å². The topological polar surface area (TPSA) is 71.8 Å². The summed E-state index contributed by atoms with van der Waals surface area (Å²) in [7, 11) is 0. The number of nitrogens with one attached hydrogen (secondary N) is 2. The summed E-state index contributed by atoms with van der Waals surface area (Å²) in [6.07, 6.45) is 2.37. The van der Waals surface area contributed by atoms with Crippen LogP contribution in [-0.2, 0) is 16.0 Å². The Morgan fingerprint density at radius 3 is 2.90 bits per heavy atom. The number of aromatic nitrogens is 2. The molecule has 1 atom stereocenters. The fourth-order valence-electron chi connectivity index (χ4n) is 3.88. The second kappa shape index (κ2) is 9.60. The Morgan fingerprint density at radius 2 is 2.10 bits per heavy atom. The molecule has 9 heteroatoms. The van der Waals surface area contributed by atoms with Crippen LogP contribution in [0.4, 0.5) is 9.52 Å². The van der Waals surface area contributed by atoms with Crippen molar-refractivity contribution in [2.45, 2.75) is 25.3 Å². The average Bonchev–Trinajstić information content (AvgIpc) is 3.40. The molecule has 2 aliphatic rings. The predicted molar refractivity (Wildman–Crippen MR) is 109 cm³/mol. The number of carbonyl (C=O) groups excluding carboxylic acids is 1. The molecule has 2 N–H and O–H groups in total. The Kier molecular flexibility index (Phi) is 6.68. The highest BCUT2D eigenvalue weighted by Crippen LogP contribution is 2.27. The van der Waals surface area contributed by atoms with Crippen LogP contribution in [0.1, 0.15) is 24.2 Å². The van der Waals surface area contributed by atoms with E-state index in [1.165, 1.54) is 28.6 Å². The third kappa shape index (κ3) is 5.29. The highest BCUT2D eigenvalue weighted by Gasteiger charge is 2.33. The molecule has 3 heterocycles. The van der Waals surface area contributed by atoms with E-state index in [2.05, 4.69) is 19.6 Å². The lowest BCUT2D eigenvalue weighted by molar-refractivity contribution is -0.906. The van der Waals surface area contributed by atoms with Crippen LogP contribution in [-0.4, -0.2) is 67.2 Å². The van der Waals surface area contributed by atoms with E-state index >= 15 is 0 Å². The molecular formula is C20H27FN5O2S+. The molecule has 0 bridgehead atoms. The number of ether oxygens (including phenoxy) is 1. The first kappa shape index (κ1) is 20.2. The van der Waals surface area contributed by atoms with Gasteiger partial charge in [0.25, 0.3) is 0 Å². The minimum absolute atomic E-state index is 0.0745. The lowest BCUT2D eigenvalue weighted by Gasteiger charge is -2.25. The van der Waals surface area contributed by atoms with Gasteiger partial charge in [0, 0.05) is 24.5 Å². The number of morpholine rings is 1. The molecule has 1 amide bonds. The van der Waals surface area contributed by atoms with E-state index in [9.17, 15) is 9.18 Å². The third-order valence-corrected chi connectivity index (χ3v) is 6.30. The maximum Gasteiger partial charge on any atom is 0.242 e. The summed E-state index contributed by atoms with van der Waals surface area (Å²) in [4.78, 5) is 20.9. The highest BCUT2D eigenvalue weighted by molar-refractivity contribution is 7.09. The summed E-state index contributed by atoms with van der Waals surface area (Å²) in [6.45, 7) is 6.05. The summed E-state index contributed by atoms with van der Waals surface area (Å²) in [6, 6.07) is 6.21. The normalized spacial score (nSPS) is 20.2. The van der Waals surface area contributed by atoms with Gasteiger partial charge in [-0.25, -0.2) is 9.37 Å². The van der Waals surface area contributed by atoms with Crippen molar-refractivity contribution in [3.8, 4) is 0 Å². The zero-order valence-electron chi connectivity index (χ0n) is 16.4. The number of rotatable bonds is 7. The van der Waals surface area contributed by atoms with Crippen LogP contribution in [0, 0.1) is 5.82 Å². The summed E-state index contributed by atoms with van der Waals surface area (Å²) < 4.78 is 22.9. The standard InChI is InChI=1S/C20H26FN5O2S/c21-16-5-3-15(4-6-16)14-18-23-20(29-24-18)26-8-1-2-17(26)19(27)22-7-9-25-10-12-28-13-11-25/h3-6,17H,1-2,7-14H2,(H,22,27)/p+1/t17-/m1/s1. The van der Waals surface area contributed by atoms with E-state index in [1.54, 1.807) is 12.1 Å². The van der Waals surface area contributed by atoms with E-state index in [0.29, 0.717) is 18.8 Å². The van der Waals surface area contributed by atoms with Crippen molar-refractivity contribution in [3.63, 3.8) is 0 Å². The maximum absolute atomic E-state index is 13.1. The third-order valence-electron chi connectivity index (χ3n) is 5.51. The van der Waals surface area contributed by atoms with Crippen LogP contribution in [0.2, 0.25) is 0 Å². The van der Waals surface area contributed by atoms with Gasteiger partial charge in [-0.15, -0.1) is 0 Å². The predicted octanol–water partition coefficient (Wildman–Crippen LogP) is 0.268. The van der Waals surface area contributed by atoms with E-state index in [1.807, 2.05) is 0 Å².